The first-order valence-electron chi connectivity index (χ1n) is 5.97. The number of hydrogen-bond donors (Lipinski definition) is 1. The summed E-state index contributed by atoms with van der Waals surface area (Å²) in [6, 6.07) is 1.60. The normalized spacial score (nSPS) is 10.6. The molecule has 1 rings (SSSR count). The Morgan fingerprint density at radius 2 is 2.21 bits per heavy atom. The molecule has 0 aliphatic rings. The molecule has 106 valence electrons. The van der Waals surface area contributed by atoms with Crippen LogP contribution in [-0.4, -0.2) is 48.2 Å². The summed E-state index contributed by atoms with van der Waals surface area (Å²) in [5.74, 6) is 0.348. The van der Waals surface area contributed by atoms with Crippen LogP contribution < -0.4 is 5.32 Å². The lowest BCUT2D eigenvalue weighted by Gasteiger charge is -2.17. The van der Waals surface area contributed by atoms with Gasteiger partial charge in [0.15, 0.2) is 5.82 Å². The predicted octanol–water partition coefficient (Wildman–Crippen LogP) is 0.805. The molecular weight excluding hydrogens is 250 g/mol. The number of carbonyl (C=O) groups is 2. The van der Waals surface area contributed by atoms with Gasteiger partial charge in [-0.25, -0.2) is 0 Å². The number of nitrogens with zero attached hydrogens (tertiary/aromatic N) is 2. The van der Waals surface area contributed by atoms with E-state index in [2.05, 4.69) is 10.5 Å². The molecule has 0 spiro atoms. The highest BCUT2D eigenvalue weighted by Gasteiger charge is 2.14. The van der Waals surface area contributed by atoms with Gasteiger partial charge in [-0.3, -0.25) is 9.59 Å². The molecule has 7 heteroatoms. The number of anilines is 1. The van der Waals surface area contributed by atoms with E-state index in [1.807, 2.05) is 13.8 Å². The van der Waals surface area contributed by atoms with Crippen molar-refractivity contribution in [3.8, 4) is 0 Å². The monoisotopic (exact) mass is 269 g/mol. The number of aromatic nitrogens is 1. The van der Waals surface area contributed by atoms with Gasteiger partial charge in [0.05, 0.1) is 12.6 Å². The molecule has 0 bridgehead atoms. The summed E-state index contributed by atoms with van der Waals surface area (Å²) < 4.78 is 10.00. The quantitative estimate of drug-likeness (QED) is 0.826. The summed E-state index contributed by atoms with van der Waals surface area (Å²) in [6.07, 6.45) is -0.0238. The van der Waals surface area contributed by atoms with E-state index in [0.29, 0.717) is 11.6 Å². The highest BCUT2D eigenvalue weighted by molar-refractivity contribution is 5.93. The molecule has 0 unspecified atom stereocenters. The maximum Gasteiger partial charge on any atom is 0.248 e. The minimum atomic E-state index is -0.339. The smallest absolute Gasteiger partial charge is 0.248 e. The summed E-state index contributed by atoms with van der Waals surface area (Å²) in [4.78, 5) is 24.6. The summed E-state index contributed by atoms with van der Waals surface area (Å²) >= 11 is 0. The molecule has 2 amide bonds. The maximum absolute atomic E-state index is 11.6. The molecule has 0 saturated carbocycles. The number of carbonyl (C=O) groups excluding carboxylic acids is 2. The summed E-state index contributed by atoms with van der Waals surface area (Å²) in [6.45, 7) is 5.30. The number of hydrogen-bond acceptors (Lipinski definition) is 5. The topological polar surface area (TPSA) is 84.7 Å². The molecule has 0 radical (unpaired) electrons. The first kappa shape index (κ1) is 15.2. The zero-order valence-electron chi connectivity index (χ0n) is 11.6. The number of nitrogens with one attached hydrogen (secondary N) is 1. The molecule has 19 heavy (non-hydrogen) atoms. The third kappa shape index (κ3) is 5.52. The molecule has 0 saturated heterocycles. The van der Waals surface area contributed by atoms with Gasteiger partial charge in [-0.1, -0.05) is 5.16 Å². The second-order valence-electron chi connectivity index (χ2n) is 4.48. The van der Waals surface area contributed by atoms with E-state index in [1.54, 1.807) is 20.0 Å². The van der Waals surface area contributed by atoms with Crippen LogP contribution in [0, 0.1) is 6.92 Å². The van der Waals surface area contributed by atoms with Crippen LogP contribution in [0.2, 0.25) is 0 Å². The maximum atomic E-state index is 11.6. The molecule has 1 heterocycles. The van der Waals surface area contributed by atoms with E-state index < -0.39 is 0 Å². The molecule has 0 fully saturated rings. The lowest BCUT2D eigenvalue weighted by Crippen LogP contribution is -2.37. The number of rotatable bonds is 6. The summed E-state index contributed by atoms with van der Waals surface area (Å²) in [5.41, 5.74) is 0. The van der Waals surface area contributed by atoms with Crippen molar-refractivity contribution in [2.24, 2.45) is 0 Å². The molecule has 0 aromatic carbocycles. The Hall–Kier alpha value is -1.89. The second-order valence-corrected chi connectivity index (χ2v) is 4.48. The average molecular weight is 269 g/mol. The lowest BCUT2D eigenvalue weighted by molar-refractivity contribution is -0.138. The Morgan fingerprint density at radius 3 is 2.74 bits per heavy atom. The Kier molecular flexibility index (Phi) is 5.50. The van der Waals surface area contributed by atoms with Gasteiger partial charge in [0.25, 0.3) is 0 Å². The summed E-state index contributed by atoms with van der Waals surface area (Å²) in [5, 5.41) is 6.17. The van der Waals surface area contributed by atoms with E-state index >= 15 is 0 Å². The zero-order chi connectivity index (χ0) is 14.4. The van der Waals surface area contributed by atoms with Crippen molar-refractivity contribution >= 4 is 17.6 Å². The van der Waals surface area contributed by atoms with Crippen LogP contribution in [0.15, 0.2) is 10.6 Å². The minimum Gasteiger partial charge on any atom is -0.369 e. The van der Waals surface area contributed by atoms with Crippen LogP contribution in [0.1, 0.15) is 19.6 Å². The van der Waals surface area contributed by atoms with E-state index in [1.165, 1.54) is 4.90 Å². The second kappa shape index (κ2) is 6.89. The first-order valence-corrected chi connectivity index (χ1v) is 5.97. The molecule has 0 aliphatic heterocycles. The molecule has 0 aliphatic carbocycles. The lowest BCUT2D eigenvalue weighted by atomic mass is 10.4. The minimum absolute atomic E-state index is 0.0238. The van der Waals surface area contributed by atoms with Gasteiger partial charge in [0, 0.05) is 13.1 Å². The highest BCUT2D eigenvalue weighted by Crippen LogP contribution is 2.06. The van der Waals surface area contributed by atoms with Crippen LogP contribution in [0.4, 0.5) is 5.82 Å². The van der Waals surface area contributed by atoms with E-state index in [-0.39, 0.29) is 31.1 Å². The number of ether oxygens (including phenoxy) is 1. The van der Waals surface area contributed by atoms with Gasteiger partial charge < -0.3 is 19.5 Å². The fourth-order valence-electron chi connectivity index (χ4n) is 1.26. The van der Waals surface area contributed by atoms with E-state index in [4.69, 9.17) is 9.26 Å². The fourth-order valence-corrected chi connectivity index (χ4v) is 1.26. The first-order chi connectivity index (χ1) is 8.88. The van der Waals surface area contributed by atoms with E-state index in [0.717, 1.165) is 0 Å². The molecule has 1 aromatic rings. The van der Waals surface area contributed by atoms with Gasteiger partial charge >= 0.3 is 0 Å². The zero-order valence-corrected chi connectivity index (χ0v) is 11.6. The molecule has 7 nitrogen and oxygen atoms in total. The van der Waals surface area contributed by atoms with Gasteiger partial charge in [0.2, 0.25) is 11.8 Å². The largest absolute Gasteiger partial charge is 0.369 e. The standard InChI is InChI=1S/C12H19N3O4/c1-8(2)18-7-12(17)15(4)6-11(16)13-10-5-9(3)19-14-10/h5,8H,6-7H2,1-4H3,(H,13,14,16). The number of likely N-dealkylation sites (N-methyl/N-ethyl adjacent to an activating group) is 1. The van der Waals surface area contributed by atoms with Crippen molar-refractivity contribution in [2.75, 3.05) is 25.5 Å². The molecule has 1 aromatic heterocycles. The van der Waals surface area contributed by atoms with Crippen LogP contribution >= 0.6 is 0 Å². The van der Waals surface area contributed by atoms with E-state index in [9.17, 15) is 9.59 Å². The van der Waals surface area contributed by atoms with Gasteiger partial charge in [-0.2, -0.15) is 0 Å². The Morgan fingerprint density at radius 1 is 1.53 bits per heavy atom. The van der Waals surface area contributed by atoms with Crippen molar-refractivity contribution in [3.63, 3.8) is 0 Å². The highest BCUT2D eigenvalue weighted by atomic mass is 16.5. The van der Waals surface area contributed by atoms with Crippen LogP contribution in [-0.2, 0) is 14.3 Å². The Labute approximate surface area is 111 Å². The third-order valence-electron chi connectivity index (χ3n) is 2.24. The average Bonchev–Trinajstić information content (AvgIpc) is 2.71. The van der Waals surface area contributed by atoms with Crippen molar-refractivity contribution in [2.45, 2.75) is 26.9 Å². The predicted molar refractivity (Wildman–Crippen MR) is 68.6 cm³/mol. The number of aryl methyl sites for hydroxylation is 1. The van der Waals surface area contributed by atoms with Crippen molar-refractivity contribution in [1.29, 1.82) is 0 Å². The third-order valence-corrected chi connectivity index (χ3v) is 2.24. The van der Waals surface area contributed by atoms with Crippen LogP contribution in [0.3, 0.4) is 0 Å². The van der Waals surface area contributed by atoms with Crippen LogP contribution in [0.5, 0.6) is 0 Å². The van der Waals surface area contributed by atoms with Gasteiger partial charge in [0.1, 0.15) is 12.4 Å². The molecule has 0 atom stereocenters. The molecular formula is C12H19N3O4. The van der Waals surface area contributed by atoms with Crippen LogP contribution in [0.25, 0.3) is 0 Å². The Bertz CT molecular complexity index is 442. The summed E-state index contributed by atoms with van der Waals surface area (Å²) in [7, 11) is 1.54. The van der Waals surface area contributed by atoms with Gasteiger partial charge in [-0.05, 0) is 20.8 Å². The number of amides is 2. The van der Waals surface area contributed by atoms with Gasteiger partial charge in [-0.15, -0.1) is 0 Å². The van der Waals surface area contributed by atoms with Crippen molar-refractivity contribution in [3.05, 3.63) is 11.8 Å². The fraction of sp³-hybridized carbons (Fsp3) is 0.583. The SMILES string of the molecule is Cc1cc(NC(=O)CN(C)C(=O)COC(C)C)no1. The molecule has 1 N–H and O–H groups in total. The van der Waals surface area contributed by atoms with Crippen molar-refractivity contribution in [1.82, 2.24) is 10.1 Å². The Balaban J connectivity index is 2.37. The van der Waals surface area contributed by atoms with Crippen molar-refractivity contribution < 1.29 is 18.8 Å².